The molecule has 0 radical (unpaired) electrons. The number of carbonyl (C=O) groups excluding carboxylic acids is 1. The van der Waals surface area contributed by atoms with E-state index in [1.165, 1.54) is 12.1 Å². The van der Waals surface area contributed by atoms with Crippen LogP contribution in [0.1, 0.15) is 35.5 Å². The van der Waals surface area contributed by atoms with Crippen molar-refractivity contribution < 1.29 is 18.4 Å². The second-order valence-corrected chi connectivity index (χ2v) is 5.00. The predicted octanol–water partition coefficient (Wildman–Crippen LogP) is 2.93. The zero-order valence-electron chi connectivity index (χ0n) is 15.3. The van der Waals surface area contributed by atoms with Crippen molar-refractivity contribution in [1.29, 1.82) is 5.26 Å². The first kappa shape index (κ1) is 22.0. The van der Waals surface area contributed by atoms with E-state index in [0.29, 0.717) is 5.56 Å². The molecule has 144 valence electrons. The Bertz CT molecular complexity index is 837. The van der Waals surface area contributed by atoms with Gasteiger partial charge in [-0.1, -0.05) is 19.9 Å². The van der Waals surface area contributed by atoms with Crippen molar-refractivity contribution in [2.24, 2.45) is 5.73 Å². The molecule has 0 aliphatic carbocycles. The summed E-state index contributed by atoms with van der Waals surface area (Å²) in [6, 6.07) is 6.75. The summed E-state index contributed by atoms with van der Waals surface area (Å²) in [5.74, 6) is -2.58. The normalized spacial score (nSPS) is 9.67. The van der Waals surface area contributed by atoms with Gasteiger partial charge in [-0.3, -0.25) is 9.63 Å². The Balaban J connectivity index is 0.00000176. The summed E-state index contributed by atoms with van der Waals surface area (Å²) in [6.45, 7) is 5.93. The molecule has 0 unspecified atom stereocenters. The number of nitrogens with two attached hydrogens (primary N) is 1. The topological polar surface area (TPSA) is 113 Å². The number of nitrogens with zero attached hydrogens (tertiary/aromatic N) is 2. The molecule has 0 saturated heterocycles. The van der Waals surface area contributed by atoms with E-state index in [4.69, 9.17) is 15.8 Å². The number of nitriles is 1. The van der Waals surface area contributed by atoms with Gasteiger partial charge in [-0.25, -0.2) is 19.2 Å². The van der Waals surface area contributed by atoms with Gasteiger partial charge in [0.15, 0.2) is 11.5 Å². The first-order valence-electron chi connectivity index (χ1n) is 8.22. The molecule has 2 aromatic rings. The minimum Gasteiger partial charge on any atom is -0.337 e. The van der Waals surface area contributed by atoms with E-state index in [9.17, 15) is 13.6 Å². The Morgan fingerprint density at radius 1 is 1.30 bits per heavy atom. The fraction of sp³-hybridized carbons (Fsp3) is 0.278. The quantitative estimate of drug-likeness (QED) is 0.527. The van der Waals surface area contributed by atoms with Crippen LogP contribution < -0.4 is 16.5 Å². The minimum atomic E-state index is -0.985. The number of carbonyl (C=O) groups is 1. The summed E-state index contributed by atoms with van der Waals surface area (Å²) in [4.78, 5) is 20.7. The van der Waals surface area contributed by atoms with Gasteiger partial charge in [0.2, 0.25) is 0 Å². The number of nitrogens with one attached hydrogen (secondary N) is 2. The maximum atomic E-state index is 14.0. The maximum absolute atomic E-state index is 14.0. The Hall–Kier alpha value is -3.09. The molecule has 0 aliphatic rings. The third-order valence-electron chi connectivity index (χ3n) is 3.09. The second kappa shape index (κ2) is 10.8. The predicted molar refractivity (Wildman–Crippen MR) is 97.2 cm³/mol. The van der Waals surface area contributed by atoms with E-state index in [1.807, 2.05) is 13.8 Å². The SMILES string of the molecule is CC.Cc1ccc(Nc2nc(C#N)c(F)cc2C(=O)NOCCN)c(F)c1. The number of hydrogen-bond donors (Lipinski definition) is 3. The monoisotopic (exact) mass is 377 g/mol. The molecule has 0 aliphatic heterocycles. The number of rotatable bonds is 6. The molecule has 1 heterocycles. The smallest absolute Gasteiger partial charge is 0.278 e. The minimum absolute atomic E-state index is 0.0190. The van der Waals surface area contributed by atoms with Gasteiger partial charge in [0, 0.05) is 6.54 Å². The first-order chi connectivity index (χ1) is 13.0. The second-order valence-electron chi connectivity index (χ2n) is 5.00. The Morgan fingerprint density at radius 2 is 2.00 bits per heavy atom. The van der Waals surface area contributed by atoms with E-state index in [0.717, 1.165) is 6.07 Å². The summed E-state index contributed by atoms with van der Waals surface area (Å²) < 4.78 is 27.8. The molecule has 1 amide bonds. The van der Waals surface area contributed by atoms with E-state index < -0.39 is 23.2 Å². The molecule has 1 aromatic carbocycles. The zero-order valence-corrected chi connectivity index (χ0v) is 15.3. The highest BCUT2D eigenvalue weighted by Crippen LogP contribution is 2.24. The summed E-state index contributed by atoms with van der Waals surface area (Å²) >= 11 is 0. The fourth-order valence-corrected chi connectivity index (χ4v) is 1.92. The average Bonchev–Trinajstić information content (AvgIpc) is 2.66. The Kier molecular flexibility index (Phi) is 8.78. The maximum Gasteiger partial charge on any atom is 0.278 e. The van der Waals surface area contributed by atoms with E-state index in [1.54, 1.807) is 19.1 Å². The van der Waals surface area contributed by atoms with Crippen LogP contribution in [0.25, 0.3) is 0 Å². The van der Waals surface area contributed by atoms with Gasteiger partial charge in [-0.2, -0.15) is 5.26 Å². The van der Waals surface area contributed by atoms with Crippen LogP contribution in [0.4, 0.5) is 20.3 Å². The van der Waals surface area contributed by atoms with Crippen LogP contribution in [0.5, 0.6) is 0 Å². The van der Waals surface area contributed by atoms with Crippen molar-refractivity contribution >= 4 is 17.4 Å². The molecule has 0 fully saturated rings. The summed E-state index contributed by atoms with van der Waals surface area (Å²) in [5, 5.41) is 11.5. The van der Waals surface area contributed by atoms with Gasteiger partial charge in [-0.05, 0) is 30.7 Å². The number of pyridine rings is 1. The molecule has 2 rings (SSSR count). The molecule has 7 nitrogen and oxygen atoms in total. The number of amides is 1. The number of anilines is 2. The van der Waals surface area contributed by atoms with Crippen molar-refractivity contribution in [3.05, 3.63) is 52.7 Å². The van der Waals surface area contributed by atoms with Gasteiger partial charge < -0.3 is 11.1 Å². The molecule has 9 heteroatoms. The summed E-state index contributed by atoms with van der Waals surface area (Å²) in [7, 11) is 0. The average molecular weight is 377 g/mol. The van der Waals surface area contributed by atoms with Crippen molar-refractivity contribution in [2.75, 3.05) is 18.5 Å². The molecule has 27 heavy (non-hydrogen) atoms. The zero-order chi connectivity index (χ0) is 20.4. The molecular formula is C18H21F2N5O2. The van der Waals surface area contributed by atoms with Crippen LogP contribution in [0.15, 0.2) is 24.3 Å². The lowest BCUT2D eigenvalue weighted by Gasteiger charge is -2.13. The highest BCUT2D eigenvalue weighted by molar-refractivity contribution is 5.99. The lowest BCUT2D eigenvalue weighted by molar-refractivity contribution is 0.0343. The van der Waals surface area contributed by atoms with Gasteiger partial charge in [0.1, 0.15) is 17.7 Å². The van der Waals surface area contributed by atoms with Crippen LogP contribution in [-0.2, 0) is 4.84 Å². The highest BCUT2D eigenvalue weighted by Gasteiger charge is 2.19. The van der Waals surface area contributed by atoms with E-state index in [-0.39, 0.29) is 30.2 Å². The van der Waals surface area contributed by atoms with Crippen LogP contribution in [0, 0.1) is 29.9 Å². The number of hydrogen-bond acceptors (Lipinski definition) is 6. The van der Waals surface area contributed by atoms with Crippen molar-refractivity contribution in [1.82, 2.24) is 10.5 Å². The van der Waals surface area contributed by atoms with Gasteiger partial charge in [-0.15, -0.1) is 0 Å². The lowest BCUT2D eigenvalue weighted by Crippen LogP contribution is -2.27. The van der Waals surface area contributed by atoms with Crippen molar-refractivity contribution in [3.8, 4) is 6.07 Å². The van der Waals surface area contributed by atoms with Gasteiger partial charge >= 0.3 is 0 Å². The number of aryl methyl sites for hydroxylation is 1. The lowest BCUT2D eigenvalue weighted by atomic mass is 10.2. The largest absolute Gasteiger partial charge is 0.337 e. The molecule has 0 atom stereocenters. The van der Waals surface area contributed by atoms with Crippen molar-refractivity contribution in [3.63, 3.8) is 0 Å². The van der Waals surface area contributed by atoms with E-state index >= 15 is 0 Å². The number of aromatic nitrogens is 1. The van der Waals surface area contributed by atoms with Crippen LogP contribution in [-0.4, -0.2) is 24.0 Å². The Morgan fingerprint density at radius 3 is 2.59 bits per heavy atom. The van der Waals surface area contributed by atoms with Crippen LogP contribution in [0.2, 0.25) is 0 Å². The number of benzene rings is 1. The fourth-order valence-electron chi connectivity index (χ4n) is 1.92. The number of hydroxylamine groups is 1. The third-order valence-corrected chi connectivity index (χ3v) is 3.09. The number of halogens is 2. The van der Waals surface area contributed by atoms with Gasteiger partial charge in [0.05, 0.1) is 17.9 Å². The summed E-state index contributed by atoms with van der Waals surface area (Å²) in [6.07, 6.45) is 0. The van der Waals surface area contributed by atoms with Gasteiger partial charge in [0.25, 0.3) is 5.91 Å². The van der Waals surface area contributed by atoms with Crippen molar-refractivity contribution in [2.45, 2.75) is 20.8 Å². The highest BCUT2D eigenvalue weighted by atomic mass is 19.1. The molecule has 4 N–H and O–H groups in total. The third kappa shape index (κ3) is 5.99. The molecule has 1 aromatic heterocycles. The summed E-state index contributed by atoms with van der Waals surface area (Å²) in [5.41, 5.74) is 7.24. The van der Waals surface area contributed by atoms with E-state index in [2.05, 4.69) is 15.8 Å². The molecule has 0 bridgehead atoms. The molecule has 0 saturated carbocycles. The Labute approximate surface area is 156 Å². The van der Waals surface area contributed by atoms with Crippen LogP contribution >= 0.6 is 0 Å². The standard InChI is InChI=1S/C16H15F2N5O2.C2H6/c1-9-2-3-13(11(17)6-9)21-15-10(16(24)23-25-5-4-19)7-12(18)14(8-20)22-15;1-2/h2-3,6-7H,4-5,19H2,1H3,(H,21,22)(H,23,24);1-2H3. The van der Waals surface area contributed by atoms with Crippen LogP contribution in [0.3, 0.4) is 0 Å². The molecular weight excluding hydrogens is 356 g/mol. The molecule has 0 spiro atoms. The first-order valence-corrected chi connectivity index (χ1v) is 8.22.